The molecule has 1 aromatic rings. The number of aromatic carboxylic acids is 1. The van der Waals surface area contributed by atoms with E-state index >= 15 is 0 Å². The van der Waals surface area contributed by atoms with E-state index in [-0.39, 0.29) is 5.69 Å². The van der Waals surface area contributed by atoms with E-state index in [4.69, 9.17) is 10.8 Å². The molecule has 0 aliphatic heterocycles. The minimum Gasteiger partial charge on any atom is -0.478 e. The zero-order chi connectivity index (χ0) is 10.0. The number of anilines is 1. The number of halogens is 1. The highest BCUT2D eigenvalue weighted by atomic mass is 32.2. The first kappa shape index (κ1) is 9.85. The Morgan fingerprint density at radius 1 is 1.62 bits per heavy atom. The molecule has 3 nitrogen and oxygen atoms in total. The molecular weight excluding hydrogens is 193 g/mol. The zero-order valence-electron chi connectivity index (χ0n) is 6.87. The van der Waals surface area contributed by atoms with Crippen molar-refractivity contribution < 1.29 is 14.3 Å². The average molecular weight is 201 g/mol. The van der Waals surface area contributed by atoms with Crippen molar-refractivity contribution in [2.45, 2.75) is 4.90 Å². The van der Waals surface area contributed by atoms with Gasteiger partial charge in [-0.3, -0.25) is 0 Å². The molecule has 5 heteroatoms. The number of carbonyl (C=O) groups is 1. The third-order valence-electron chi connectivity index (χ3n) is 1.59. The Balaban J connectivity index is 3.31. The van der Waals surface area contributed by atoms with Gasteiger partial charge in [-0.1, -0.05) is 0 Å². The molecule has 0 fully saturated rings. The maximum Gasteiger partial charge on any atom is 0.338 e. The highest BCUT2D eigenvalue weighted by Gasteiger charge is 2.14. The number of benzene rings is 1. The first-order valence-corrected chi connectivity index (χ1v) is 4.65. The molecule has 0 atom stereocenters. The lowest BCUT2D eigenvalue weighted by molar-refractivity contribution is 0.0692. The van der Waals surface area contributed by atoms with Crippen LogP contribution in [0, 0.1) is 5.82 Å². The Kier molecular flexibility index (Phi) is 2.77. The standard InChI is InChI=1S/C8H8FNO2S/c1-13-5-3-2-4(8(11)12)6(9)7(5)10/h2-3H,10H2,1H3,(H,11,12). The van der Waals surface area contributed by atoms with Gasteiger partial charge in [0.25, 0.3) is 0 Å². The van der Waals surface area contributed by atoms with Crippen molar-refractivity contribution >= 4 is 23.4 Å². The number of thioether (sulfide) groups is 1. The molecule has 0 unspecified atom stereocenters. The van der Waals surface area contributed by atoms with Gasteiger partial charge < -0.3 is 10.8 Å². The molecule has 0 aromatic heterocycles. The molecule has 0 aliphatic carbocycles. The molecule has 0 heterocycles. The van der Waals surface area contributed by atoms with Crippen LogP contribution in [-0.4, -0.2) is 17.3 Å². The van der Waals surface area contributed by atoms with Crippen LogP contribution in [0.2, 0.25) is 0 Å². The van der Waals surface area contributed by atoms with Crippen LogP contribution < -0.4 is 5.73 Å². The Labute approximate surface area is 78.7 Å². The van der Waals surface area contributed by atoms with Crippen LogP contribution in [0.3, 0.4) is 0 Å². The summed E-state index contributed by atoms with van der Waals surface area (Å²) >= 11 is 1.27. The van der Waals surface area contributed by atoms with Gasteiger partial charge in [-0.15, -0.1) is 11.8 Å². The maximum atomic E-state index is 13.2. The van der Waals surface area contributed by atoms with Gasteiger partial charge >= 0.3 is 5.97 Å². The molecular formula is C8H8FNO2S. The van der Waals surface area contributed by atoms with Crippen molar-refractivity contribution in [1.29, 1.82) is 0 Å². The molecule has 0 bridgehead atoms. The van der Waals surface area contributed by atoms with E-state index in [1.54, 1.807) is 6.26 Å². The van der Waals surface area contributed by atoms with Crippen LogP contribution in [-0.2, 0) is 0 Å². The first-order chi connectivity index (χ1) is 6.07. The van der Waals surface area contributed by atoms with Gasteiger partial charge in [-0.2, -0.15) is 0 Å². The van der Waals surface area contributed by atoms with Crippen molar-refractivity contribution in [3.05, 3.63) is 23.5 Å². The van der Waals surface area contributed by atoms with E-state index in [0.717, 1.165) is 0 Å². The van der Waals surface area contributed by atoms with Crippen molar-refractivity contribution in [2.75, 3.05) is 12.0 Å². The van der Waals surface area contributed by atoms with Crippen LogP contribution in [0.15, 0.2) is 17.0 Å². The molecule has 0 aliphatic rings. The predicted molar refractivity (Wildman–Crippen MR) is 49.6 cm³/mol. The minimum absolute atomic E-state index is 0.104. The number of hydrogen-bond donors (Lipinski definition) is 2. The number of nitrogens with two attached hydrogens (primary N) is 1. The van der Waals surface area contributed by atoms with E-state index in [2.05, 4.69) is 0 Å². The number of nitrogen functional groups attached to an aromatic ring is 1. The number of hydrogen-bond acceptors (Lipinski definition) is 3. The van der Waals surface area contributed by atoms with Crippen LogP contribution in [0.1, 0.15) is 10.4 Å². The SMILES string of the molecule is CSc1ccc(C(=O)O)c(F)c1N. The van der Waals surface area contributed by atoms with Gasteiger partial charge in [0.15, 0.2) is 5.82 Å². The molecule has 0 saturated heterocycles. The number of rotatable bonds is 2. The van der Waals surface area contributed by atoms with Crippen LogP contribution in [0.4, 0.5) is 10.1 Å². The molecule has 1 aromatic carbocycles. The second-order valence-electron chi connectivity index (χ2n) is 2.35. The number of carboxylic acids is 1. The highest BCUT2D eigenvalue weighted by Crippen LogP contribution is 2.27. The monoisotopic (exact) mass is 201 g/mol. The van der Waals surface area contributed by atoms with E-state index in [1.165, 1.54) is 23.9 Å². The van der Waals surface area contributed by atoms with Crippen molar-refractivity contribution in [3.63, 3.8) is 0 Å². The summed E-state index contributed by atoms with van der Waals surface area (Å²) < 4.78 is 13.2. The lowest BCUT2D eigenvalue weighted by Gasteiger charge is -2.05. The van der Waals surface area contributed by atoms with E-state index in [9.17, 15) is 9.18 Å². The molecule has 3 N–H and O–H groups in total. The van der Waals surface area contributed by atoms with Crippen LogP contribution in [0.5, 0.6) is 0 Å². The molecule has 0 amide bonds. The normalized spacial score (nSPS) is 10.0. The molecule has 0 spiro atoms. The van der Waals surface area contributed by atoms with Gasteiger partial charge in [0.1, 0.15) is 0 Å². The molecule has 1 rings (SSSR count). The van der Waals surface area contributed by atoms with Gasteiger partial charge in [0.05, 0.1) is 11.3 Å². The maximum absolute atomic E-state index is 13.2. The van der Waals surface area contributed by atoms with E-state index < -0.39 is 17.3 Å². The van der Waals surface area contributed by atoms with Gasteiger partial charge in [0, 0.05) is 4.90 Å². The van der Waals surface area contributed by atoms with E-state index in [0.29, 0.717) is 4.90 Å². The third kappa shape index (κ3) is 1.75. The van der Waals surface area contributed by atoms with E-state index in [1.807, 2.05) is 0 Å². The van der Waals surface area contributed by atoms with Gasteiger partial charge in [-0.05, 0) is 18.4 Å². The fraction of sp³-hybridized carbons (Fsp3) is 0.125. The quantitative estimate of drug-likeness (QED) is 0.566. The Bertz CT molecular complexity index is 354. The summed E-state index contributed by atoms with van der Waals surface area (Å²) in [4.78, 5) is 11.0. The molecule has 13 heavy (non-hydrogen) atoms. The van der Waals surface area contributed by atoms with Crippen LogP contribution >= 0.6 is 11.8 Å². The first-order valence-electron chi connectivity index (χ1n) is 3.43. The summed E-state index contributed by atoms with van der Waals surface area (Å²) in [6, 6.07) is 2.70. The largest absolute Gasteiger partial charge is 0.478 e. The molecule has 0 saturated carbocycles. The number of carboxylic acid groups (broad SMARTS) is 1. The summed E-state index contributed by atoms with van der Waals surface area (Å²) in [6.07, 6.45) is 1.74. The van der Waals surface area contributed by atoms with Crippen molar-refractivity contribution in [1.82, 2.24) is 0 Å². The highest BCUT2D eigenvalue weighted by molar-refractivity contribution is 7.98. The second-order valence-corrected chi connectivity index (χ2v) is 3.20. The van der Waals surface area contributed by atoms with Crippen molar-refractivity contribution in [3.8, 4) is 0 Å². The van der Waals surface area contributed by atoms with Crippen molar-refractivity contribution in [2.24, 2.45) is 0 Å². The minimum atomic E-state index is -1.31. The summed E-state index contributed by atoms with van der Waals surface area (Å²) in [6.45, 7) is 0. The zero-order valence-corrected chi connectivity index (χ0v) is 7.69. The summed E-state index contributed by atoms with van der Waals surface area (Å²) in [5.41, 5.74) is 4.88. The summed E-state index contributed by atoms with van der Waals surface area (Å²) in [5.74, 6) is -2.17. The smallest absolute Gasteiger partial charge is 0.338 e. The lowest BCUT2D eigenvalue weighted by Crippen LogP contribution is -2.04. The predicted octanol–water partition coefficient (Wildman–Crippen LogP) is 1.83. The third-order valence-corrected chi connectivity index (χ3v) is 2.39. The molecule has 70 valence electrons. The van der Waals surface area contributed by atoms with Crippen LogP contribution in [0.25, 0.3) is 0 Å². The molecule has 0 radical (unpaired) electrons. The topological polar surface area (TPSA) is 63.3 Å². The summed E-state index contributed by atoms with van der Waals surface area (Å²) in [7, 11) is 0. The Hall–Kier alpha value is -1.23. The summed E-state index contributed by atoms with van der Waals surface area (Å²) in [5, 5.41) is 8.55. The van der Waals surface area contributed by atoms with Gasteiger partial charge in [0.2, 0.25) is 0 Å². The Morgan fingerprint density at radius 3 is 2.69 bits per heavy atom. The fourth-order valence-corrected chi connectivity index (χ4v) is 1.43. The second kappa shape index (κ2) is 3.66. The lowest BCUT2D eigenvalue weighted by atomic mass is 10.2. The Morgan fingerprint density at radius 2 is 2.23 bits per heavy atom. The fourth-order valence-electron chi connectivity index (χ4n) is 0.918. The van der Waals surface area contributed by atoms with Gasteiger partial charge in [-0.25, -0.2) is 9.18 Å². The average Bonchev–Trinajstić information content (AvgIpc) is 2.09.